The Kier molecular flexibility index (Phi) is 11.9. The SMILES string of the molecule is NCCCCCCOC1C(O)C(N)CC(N)C1OC(O)/C(N)=C(\O)C(O)CCN. The molecule has 0 bridgehead atoms. The van der Waals surface area contributed by atoms with Crippen molar-refractivity contribution >= 4 is 0 Å². The molecule has 0 aromatic carbocycles. The number of aliphatic hydroxyl groups is 4. The third kappa shape index (κ3) is 7.96. The molecule has 11 nitrogen and oxygen atoms in total. The summed E-state index contributed by atoms with van der Waals surface area (Å²) >= 11 is 0. The Morgan fingerprint density at radius 2 is 1.62 bits per heavy atom. The fraction of sp³-hybridized carbons (Fsp3) is 0.889. The van der Waals surface area contributed by atoms with Crippen molar-refractivity contribution in [1.29, 1.82) is 0 Å². The molecular formula is C18H39N5O6. The predicted molar refractivity (Wildman–Crippen MR) is 108 cm³/mol. The van der Waals surface area contributed by atoms with Gasteiger partial charge >= 0.3 is 0 Å². The maximum atomic E-state index is 10.5. The number of nitrogens with two attached hydrogens (primary N) is 5. The van der Waals surface area contributed by atoms with Crippen LogP contribution in [0.5, 0.6) is 0 Å². The summed E-state index contributed by atoms with van der Waals surface area (Å²) in [5.41, 5.74) is 28.1. The molecule has 0 aromatic rings. The van der Waals surface area contributed by atoms with Crippen LogP contribution in [0.1, 0.15) is 38.5 Å². The normalized spacial score (nSPS) is 30.7. The average Bonchev–Trinajstić information content (AvgIpc) is 2.69. The van der Waals surface area contributed by atoms with Crippen molar-refractivity contribution in [2.45, 2.75) is 81.3 Å². The highest BCUT2D eigenvalue weighted by Gasteiger charge is 2.44. The number of aliphatic hydroxyl groups excluding tert-OH is 4. The Bertz CT molecular complexity index is 497. The summed E-state index contributed by atoms with van der Waals surface area (Å²) in [6.07, 6.45) is -1.99. The van der Waals surface area contributed by atoms with Crippen LogP contribution in [-0.2, 0) is 9.47 Å². The molecule has 29 heavy (non-hydrogen) atoms. The van der Waals surface area contributed by atoms with E-state index in [9.17, 15) is 20.4 Å². The smallest absolute Gasteiger partial charge is 0.199 e. The highest BCUT2D eigenvalue weighted by Crippen LogP contribution is 2.26. The number of ether oxygens (including phenoxy) is 2. The molecule has 1 saturated carbocycles. The van der Waals surface area contributed by atoms with Crippen LogP contribution >= 0.6 is 0 Å². The van der Waals surface area contributed by atoms with Crippen molar-refractivity contribution < 1.29 is 29.9 Å². The molecule has 1 aliphatic carbocycles. The Morgan fingerprint density at radius 3 is 2.24 bits per heavy atom. The first-order chi connectivity index (χ1) is 13.7. The van der Waals surface area contributed by atoms with Crippen molar-refractivity contribution in [3.8, 4) is 0 Å². The summed E-state index contributed by atoms with van der Waals surface area (Å²) in [5, 5.41) is 40.5. The Morgan fingerprint density at radius 1 is 0.966 bits per heavy atom. The molecule has 0 radical (unpaired) electrons. The quantitative estimate of drug-likeness (QED) is 0.0853. The van der Waals surface area contributed by atoms with Crippen molar-refractivity contribution in [3.63, 3.8) is 0 Å². The van der Waals surface area contributed by atoms with Gasteiger partial charge in [0.15, 0.2) is 6.29 Å². The highest BCUT2D eigenvalue weighted by atomic mass is 16.6. The first-order valence-electron chi connectivity index (χ1n) is 10.2. The van der Waals surface area contributed by atoms with E-state index < -0.39 is 54.2 Å². The van der Waals surface area contributed by atoms with E-state index in [2.05, 4.69) is 0 Å². The molecule has 0 heterocycles. The Balaban J connectivity index is 2.78. The number of rotatable bonds is 13. The van der Waals surface area contributed by atoms with Gasteiger partial charge in [-0.3, -0.25) is 0 Å². The Hall–Kier alpha value is -1.02. The van der Waals surface area contributed by atoms with Gasteiger partial charge in [0.25, 0.3) is 0 Å². The lowest BCUT2D eigenvalue weighted by atomic mass is 9.84. The minimum absolute atomic E-state index is 0.0612. The second-order valence-corrected chi connectivity index (χ2v) is 7.48. The second kappa shape index (κ2) is 13.3. The van der Waals surface area contributed by atoms with Gasteiger partial charge < -0.3 is 58.6 Å². The molecule has 1 fully saturated rings. The van der Waals surface area contributed by atoms with Gasteiger partial charge in [-0.1, -0.05) is 12.8 Å². The van der Waals surface area contributed by atoms with Gasteiger partial charge in [0.1, 0.15) is 29.8 Å². The summed E-state index contributed by atoms with van der Waals surface area (Å²) in [5.74, 6) is -0.623. The molecule has 1 rings (SSSR count). The fourth-order valence-electron chi connectivity index (χ4n) is 3.30. The van der Waals surface area contributed by atoms with Gasteiger partial charge in [0.2, 0.25) is 0 Å². The van der Waals surface area contributed by atoms with Gasteiger partial charge in [-0.05, 0) is 38.8 Å². The molecule has 7 atom stereocenters. The minimum atomic E-state index is -1.75. The number of unbranched alkanes of at least 4 members (excludes halogenated alkanes) is 3. The lowest BCUT2D eigenvalue weighted by Crippen LogP contribution is -2.63. The van der Waals surface area contributed by atoms with Crippen LogP contribution in [0.25, 0.3) is 0 Å². The summed E-state index contributed by atoms with van der Waals surface area (Å²) in [6, 6.07) is -1.23. The van der Waals surface area contributed by atoms with Gasteiger partial charge in [0.05, 0.1) is 6.10 Å². The van der Waals surface area contributed by atoms with Crippen molar-refractivity contribution in [3.05, 3.63) is 11.5 Å². The van der Waals surface area contributed by atoms with E-state index >= 15 is 0 Å². The van der Waals surface area contributed by atoms with Crippen LogP contribution in [0.2, 0.25) is 0 Å². The predicted octanol–water partition coefficient (Wildman–Crippen LogP) is -2.55. The van der Waals surface area contributed by atoms with Crippen LogP contribution in [-0.4, -0.2) is 82.9 Å². The van der Waals surface area contributed by atoms with E-state index in [0.717, 1.165) is 25.7 Å². The van der Waals surface area contributed by atoms with Crippen LogP contribution in [0.3, 0.4) is 0 Å². The third-order valence-electron chi connectivity index (χ3n) is 5.08. The van der Waals surface area contributed by atoms with E-state index in [0.29, 0.717) is 13.2 Å². The first kappa shape index (κ1) is 26.0. The van der Waals surface area contributed by atoms with Crippen molar-refractivity contribution in [2.24, 2.45) is 28.7 Å². The zero-order chi connectivity index (χ0) is 22.0. The second-order valence-electron chi connectivity index (χ2n) is 7.48. The zero-order valence-electron chi connectivity index (χ0n) is 16.9. The largest absolute Gasteiger partial charge is 0.508 e. The third-order valence-corrected chi connectivity index (χ3v) is 5.08. The summed E-state index contributed by atoms with van der Waals surface area (Å²) in [6.45, 7) is 1.11. The Labute approximate surface area is 171 Å². The topological polar surface area (TPSA) is 229 Å². The van der Waals surface area contributed by atoms with E-state index in [4.69, 9.17) is 38.1 Å². The number of hydrogen-bond acceptors (Lipinski definition) is 11. The van der Waals surface area contributed by atoms with Gasteiger partial charge in [-0.25, -0.2) is 0 Å². The molecule has 0 aromatic heterocycles. The number of hydrogen-bond donors (Lipinski definition) is 9. The first-order valence-corrected chi connectivity index (χ1v) is 10.2. The molecule has 0 aliphatic heterocycles. The van der Waals surface area contributed by atoms with E-state index in [1.165, 1.54) is 0 Å². The molecule has 11 heteroatoms. The van der Waals surface area contributed by atoms with Crippen LogP contribution in [0, 0.1) is 0 Å². The zero-order valence-corrected chi connectivity index (χ0v) is 16.9. The van der Waals surface area contributed by atoms with Crippen LogP contribution < -0.4 is 28.7 Å². The lowest BCUT2D eigenvalue weighted by Gasteiger charge is -2.42. The molecule has 0 spiro atoms. The fourth-order valence-corrected chi connectivity index (χ4v) is 3.30. The average molecular weight is 422 g/mol. The molecule has 7 unspecified atom stereocenters. The molecule has 0 amide bonds. The van der Waals surface area contributed by atoms with Gasteiger partial charge in [-0.2, -0.15) is 0 Å². The maximum absolute atomic E-state index is 10.5. The van der Waals surface area contributed by atoms with E-state index in [1.807, 2.05) is 0 Å². The van der Waals surface area contributed by atoms with Crippen molar-refractivity contribution in [2.75, 3.05) is 19.7 Å². The summed E-state index contributed by atoms with van der Waals surface area (Å²) in [4.78, 5) is 0. The molecule has 14 N–H and O–H groups in total. The minimum Gasteiger partial charge on any atom is -0.508 e. The van der Waals surface area contributed by atoms with Crippen LogP contribution in [0.4, 0.5) is 0 Å². The highest BCUT2D eigenvalue weighted by molar-refractivity contribution is 5.11. The lowest BCUT2D eigenvalue weighted by molar-refractivity contribution is -0.203. The van der Waals surface area contributed by atoms with Crippen molar-refractivity contribution in [1.82, 2.24) is 0 Å². The van der Waals surface area contributed by atoms with E-state index in [1.54, 1.807) is 0 Å². The van der Waals surface area contributed by atoms with Crippen LogP contribution in [0.15, 0.2) is 11.5 Å². The molecule has 172 valence electrons. The summed E-state index contributed by atoms with van der Waals surface area (Å²) in [7, 11) is 0. The van der Waals surface area contributed by atoms with Gasteiger partial charge in [-0.15, -0.1) is 0 Å². The monoisotopic (exact) mass is 421 g/mol. The van der Waals surface area contributed by atoms with E-state index in [-0.39, 0.29) is 19.4 Å². The maximum Gasteiger partial charge on any atom is 0.199 e. The molecule has 1 aliphatic rings. The molecule has 0 saturated heterocycles. The van der Waals surface area contributed by atoms with Gasteiger partial charge in [0, 0.05) is 18.7 Å². The standard InChI is InChI=1S/C18H39N5O6/c19-6-3-1-2-4-8-28-17-14(25)10(21)9-11(22)16(17)29-18(27)13(23)15(26)12(24)5-7-20/h10-12,14,16-18,24-27H,1-9,19-23H2/b15-13+. The summed E-state index contributed by atoms with van der Waals surface area (Å²) < 4.78 is 11.3. The molecular weight excluding hydrogens is 382 g/mol.